The maximum atomic E-state index is 11.9. The summed E-state index contributed by atoms with van der Waals surface area (Å²) >= 11 is 17.9. The van der Waals surface area contributed by atoms with Gasteiger partial charge in [-0.15, -0.1) is 0 Å². The predicted molar refractivity (Wildman–Crippen MR) is 128 cm³/mol. The quantitative estimate of drug-likeness (QED) is 0.359. The first kappa shape index (κ1) is 23.1. The van der Waals surface area contributed by atoms with E-state index in [0.29, 0.717) is 22.5 Å². The second kappa shape index (κ2) is 11.8. The van der Waals surface area contributed by atoms with Gasteiger partial charge in [0.25, 0.3) is 0 Å². The Balaban J connectivity index is 1.28. The van der Waals surface area contributed by atoms with E-state index in [1.54, 1.807) is 18.2 Å². The highest BCUT2D eigenvalue weighted by Crippen LogP contribution is 2.29. The van der Waals surface area contributed by atoms with Crippen molar-refractivity contribution in [2.45, 2.75) is 31.6 Å². The number of halogens is 3. The minimum Gasteiger partial charge on any atom is -0.353 e. The summed E-state index contributed by atoms with van der Waals surface area (Å²) < 4.78 is 0. The van der Waals surface area contributed by atoms with Crippen molar-refractivity contribution in [3.05, 3.63) is 74.7 Å². The van der Waals surface area contributed by atoms with E-state index in [1.165, 1.54) is 24.5 Å². The van der Waals surface area contributed by atoms with Gasteiger partial charge < -0.3 is 10.2 Å². The van der Waals surface area contributed by atoms with E-state index in [0.717, 1.165) is 43.1 Å². The van der Waals surface area contributed by atoms with Gasteiger partial charge in [-0.1, -0.05) is 53.0 Å². The van der Waals surface area contributed by atoms with Crippen molar-refractivity contribution in [1.82, 2.24) is 10.2 Å². The Morgan fingerprint density at radius 2 is 1.73 bits per heavy atom. The number of nitrogens with one attached hydrogen (secondary N) is 1. The molecular formula is C24H27Cl3N2O. The third-order valence-corrected chi connectivity index (χ3v) is 6.49. The molecule has 2 aromatic rings. The molecule has 0 bridgehead atoms. The van der Waals surface area contributed by atoms with E-state index >= 15 is 0 Å². The summed E-state index contributed by atoms with van der Waals surface area (Å²) in [5.41, 5.74) is 2.25. The van der Waals surface area contributed by atoms with Crippen LogP contribution in [-0.2, 0) is 4.79 Å². The highest BCUT2D eigenvalue weighted by atomic mass is 35.5. The summed E-state index contributed by atoms with van der Waals surface area (Å²) in [6.07, 6.45) is 7.71. The molecule has 0 aliphatic carbocycles. The lowest BCUT2D eigenvalue weighted by molar-refractivity contribution is -0.116. The number of nitrogens with zero attached hydrogens (tertiary/aromatic N) is 1. The summed E-state index contributed by atoms with van der Waals surface area (Å²) in [5, 5.41) is 4.72. The lowest BCUT2D eigenvalue weighted by atomic mass is 9.89. The number of unbranched alkanes of at least 4 members (excludes halogenated alkanes) is 1. The van der Waals surface area contributed by atoms with Crippen LogP contribution in [0, 0.1) is 0 Å². The van der Waals surface area contributed by atoms with Crippen molar-refractivity contribution >= 4 is 46.8 Å². The van der Waals surface area contributed by atoms with Crippen LogP contribution in [0.4, 0.5) is 0 Å². The molecule has 6 heteroatoms. The smallest absolute Gasteiger partial charge is 0.243 e. The maximum Gasteiger partial charge on any atom is 0.243 e. The van der Waals surface area contributed by atoms with Crippen LogP contribution in [0.2, 0.25) is 15.1 Å². The van der Waals surface area contributed by atoms with Gasteiger partial charge in [0.05, 0.1) is 10.0 Å². The fraction of sp³-hybridized carbons (Fsp3) is 0.375. The maximum absolute atomic E-state index is 11.9. The molecular weight excluding hydrogens is 439 g/mol. The number of likely N-dealkylation sites (tertiary alicyclic amines) is 1. The number of rotatable bonds is 8. The Morgan fingerprint density at radius 1 is 1.00 bits per heavy atom. The zero-order valence-corrected chi connectivity index (χ0v) is 19.2. The van der Waals surface area contributed by atoms with E-state index in [4.69, 9.17) is 34.8 Å². The molecule has 0 radical (unpaired) electrons. The minimum atomic E-state index is -0.0927. The number of carbonyl (C=O) groups is 1. The Morgan fingerprint density at radius 3 is 2.43 bits per heavy atom. The van der Waals surface area contributed by atoms with Gasteiger partial charge in [0.2, 0.25) is 5.91 Å². The highest BCUT2D eigenvalue weighted by Gasteiger charge is 2.20. The van der Waals surface area contributed by atoms with Crippen molar-refractivity contribution in [1.29, 1.82) is 0 Å². The minimum absolute atomic E-state index is 0.0927. The van der Waals surface area contributed by atoms with E-state index in [9.17, 15) is 4.79 Å². The van der Waals surface area contributed by atoms with Gasteiger partial charge >= 0.3 is 0 Å². The molecule has 0 spiro atoms. The Kier molecular flexibility index (Phi) is 9.07. The van der Waals surface area contributed by atoms with E-state index in [-0.39, 0.29) is 5.91 Å². The Labute approximate surface area is 194 Å². The average molecular weight is 466 g/mol. The second-order valence-corrected chi connectivity index (χ2v) is 8.92. The molecule has 1 amide bonds. The van der Waals surface area contributed by atoms with Crippen LogP contribution in [0.1, 0.15) is 42.7 Å². The molecule has 1 N–H and O–H groups in total. The monoisotopic (exact) mass is 464 g/mol. The molecule has 1 saturated heterocycles. The number of piperidine rings is 1. The predicted octanol–water partition coefficient (Wildman–Crippen LogP) is 6.44. The van der Waals surface area contributed by atoms with Crippen molar-refractivity contribution in [3.8, 4) is 0 Å². The molecule has 1 aliphatic rings. The molecule has 0 aromatic heterocycles. The summed E-state index contributed by atoms with van der Waals surface area (Å²) in [6, 6.07) is 13.6. The van der Waals surface area contributed by atoms with E-state index in [2.05, 4.69) is 22.3 Å². The number of benzene rings is 2. The zero-order chi connectivity index (χ0) is 21.3. The Hall–Kier alpha value is -1.52. The first-order chi connectivity index (χ1) is 14.5. The summed E-state index contributed by atoms with van der Waals surface area (Å²) in [5.74, 6) is 0.546. The number of amides is 1. The third-order valence-electron chi connectivity index (χ3n) is 5.50. The van der Waals surface area contributed by atoms with Crippen molar-refractivity contribution < 1.29 is 4.79 Å². The normalized spacial score (nSPS) is 15.6. The molecule has 0 unspecified atom stereocenters. The lowest BCUT2D eigenvalue weighted by Crippen LogP contribution is -2.34. The molecule has 30 heavy (non-hydrogen) atoms. The van der Waals surface area contributed by atoms with Crippen LogP contribution in [0.15, 0.2) is 48.5 Å². The Bertz CT molecular complexity index is 859. The second-order valence-electron chi connectivity index (χ2n) is 7.67. The lowest BCUT2D eigenvalue weighted by Gasteiger charge is -2.32. The number of carbonyl (C=O) groups excluding carboxylic acids is 1. The van der Waals surface area contributed by atoms with Crippen LogP contribution in [-0.4, -0.2) is 37.0 Å². The number of hydrogen-bond donors (Lipinski definition) is 1. The first-order valence-electron chi connectivity index (χ1n) is 10.4. The largest absolute Gasteiger partial charge is 0.353 e. The van der Waals surface area contributed by atoms with E-state index in [1.807, 2.05) is 18.2 Å². The van der Waals surface area contributed by atoms with Gasteiger partial charge in [-0.25, -0.2) is 0 Å². The summed E-state index contributed by atoms with van der Waals surface area (Å²) in [4.78, 5) is 14.5. The molecule has 160 valence electrons. The van der Waals surface area contributed by atoms with Crippen LogP contribution >= 0.6 is 34.8 Å². The molecule has 2 aromatic carbocycles. The van der Waals surface area contributed by atoms with Crippen LogP contribution in [0.3, 0.4) is 0 Å². The molecule has 1 heterocycles. The van der Waals surface area contributed by atoms with Crippen LogP contribution in [0.5, 0.6) is 0 Å². The molecule has 0 atom stereocenters. The van der Waals surface area contributed by atoms with Gasteiger partial charge in [-0.2, -0.15) is 0 Å². The van der Waals surface area contributed by atoms with Crippen molar-refractivity contribution in [3.63, 3.8) is 0 Å². The molecule has 0 saturated carbocycles. The molecule has 1 aliphatic heterocycles. The van der Waals surface area contributed by atoms with E-state index < -0.39 is 0 Å². The van der Waals surface area contributed by atoms with Crippen molar-refractivity contribution in [2.75, 3.05) is 26.2 Å². The molecule has 1 fully saturated rings. The fourth-order valence-corrected chi connectivity index (χ4v) is 4.18. The topological polar surface area (TPSA) is 32.3 Å². The van der Waals surface area contributed by atoms with Crippen LogP contribution in [0.25, 0.3) is 6.08 Å². The summed E-state index contributed by atoms with van der Waals surface area (Å²) in [7, 11) is 0. The third kappa shape index (κ3) is 7.31. The van der Waals surface area contributed by atoms with Gasteiger partial charge in [0.1, 0.15) is 0 Å². The fourth-order valence-electron chi connectivity index (χ4n) is 3.74. The SMILES string of the molecule is O=C(/C=C/c1ccc(Cl)c(Cl)c1)NCCCCN1CCC(c2ccc(Cl)cc2)CC1. The average Bonchev–Trinajstić information content (AvgIpc) is 2.75. The first-order valence-corrected chi connectivity index (χ1v) is 11.5. The van der Waals surface area contributed by atoms with Gasteiger partial charge in [0.15, 0.2) is 0 Å². The summed E-state index contributed by atoms with van der Waals surface area (Å²) in [6.45, 7) is 4.03. The van der Waals surface area contributed by atoms with Crippen LogP contribution < -0.4 is 5.32 Å². The standard InChI is InChI=1S/C24H27Cl3N2O/c25-21-7-5-19(6-8-21)20-11-15-29(16-12-20)14-2-1-13-28-24(30)10-4-18-3-9-22(26)23(27)17-18/h3-10,17,20H,1-2,11-16H2,(H,28,30)/b10-4+. The van der Waals surface area contributed by atoms with Gasteiger partial charge in [0, 0.05) is 17.6 Å². The zero-order valence-electron chi connectivity index (χ0n) is 16.9. The number of hydrogen-bond acceptors (Lipinski definition) is 2. The van der Waals surface area contributed by atoms with Crippen molar-refractivity contribution in [2.24, 2.45) is 0 Å². The highest BCUT2D eigenvalue weighted by molar-refractivity contribution is 6.42. The van der Waals surface area contributed by atoms with Gasteiger partial charge in [-0.3, -0.25) is 4.79 Å². The van der Waals surface area contributed by atoms with Gasteiger partial charge in [-0.05, 0) is 92.7 Å². The molecule has 3 rings (SSSR count). The molecule has 3 nitrogen and oxygen atoms in total.